The number of fused-ring (bicyclic) bond motifs is 1. The first kappa shape index (κ1) is 19.1. The maximum absolute atomic E-state index is 6.01. The molecule has 25 heavy (non-hydrogen) atoms. The highest BCUT2D eigenvalue weighted by molar-refractivity contribution is 8.05. The molecule has 0 unspecified atom stereocenters. The van der Waals surface area contributed by atoms with E-state index in [9.17, 15) is 0 Å². The molecule has 2 aliphatic rings. The van der Waals surface area contributed by atoms with Gasteiger partial charge < -0.3 is 15.0 Å². The molecule has 0 radical (unpaired) electrons. The minimum Gasteiger partial charge on any atom is -0.370 e. The number of hydrogen-bond acceptors (Lipinski definition) is 5. The van der Waals surface area contributed by atoms with Gasteiger partial charge in [0, 0.05) is 28.5 Å². The number of aromatic amines is 1. The van der Waals surface area contributed by atoms with Crippen molar-refractivity contribution in [3.63, 3.8) is 0 Å². The van der Waals surface area contributed by atoms with Gasteiger partial charge in [0.1, 0.15) is 0 Å². The maximum Gasteiger partial charge on any atom is 0.0985 e. The Hall–Kier alpha value is -0.690. The molecule has 0 saturated carbocycles. The van der Waals surface area contributed by atoms with Crippen LogP contribution in [0.2, 0.25) is 0 Å². The Morgan fingerprint density at radius 1 is 1.16 bits per heavy atom. The van der Waals surface area contributed by atoms with Crippen molar-refractivity contribution in [2.75, 3.05) is 23.4 Å². The molecule has 0 amide bonds. The Kier molecular flexibility index (Phi) is 5.73. The molecule has 0 aromatic carbocycles. The monoisotopic (exact) mass is 394 g/mol. The fraction of sp³-hybridized carbons (Fsp3) is 0.474. The molecular weight excluding hydrogens is 368 g/mol. The van der Waals surface area contributed by atoms with Crippen LogP contribution in [-0.2, 0) is 4.74 Å². The predicted octanol–water partition coefficient (Wildman–Crippen LogP) is 6.28. The minimum atomic E-state index is -0.108. The summed E-state index contributed by atoms with van der Waals surface area (Å²) in [6, 6.07) is 0. The lowest BCUT2D eigenvalue weighted by Crippen LogP contribution is -2.33. The first-order valence-corrected chi connectivity index (χ1v) is 11.1. The Morgan fingerprint density at radius 2 is 1.80 bits per heavy atom. The second-order valence-corrected chi connectivity index (χ2v) is 10.4. The van der Waals surface area contributed by atoms with Gasteiger partial charge in [0.05, 0.1) is 32.8 Å². The van der Waals surface area contributed by atoms with Gasteiger partial charge in [-0.1, -0.05) is 36.1 Å². The number of anilines is 1. The normalized spacial score (nSPS) is 18.4. The summed E-state index contributed by atoms with van der Waals surface area (Å²) in [5, 5.41) is 6.13. The zero-order valence-electron chi connectivity index (χ0n) is 15.4. The molecule has 3 rings (SSSR count). The molecular formula is C19H26N2OS3. The van der Waals surface area contributed by atoms with Crippen molar-refractivity contribution in [1.29, 1.82) is 0 Å². The Bertz CT molecular complexity index is 746. The van der Waals surface area contributed by atoms with E-state index in [1.165, 1.54) is 42.4 Å². The molecule has 3 heterocycles. The average Bonchev–Trinajstić information content (AvgIpc) is 2.85. The van der Waals surface area contributed by atoms with Gasteiger partial charge in [-0.2, -0.15) is 0 Å². The summed E-state index contributed by atoms with van der Waals surface area (Å²) < 4.78 is 6.01. The van der Waals surface area contributed by atoms with Crippen LogP contribution in [0.25, 0.3) is 0 Å². The summed E-state index contributed by atoms with van der Waals surface area (Å²) in [4.78, 5) is 6.22. The molecule has 1 aromatic rings. The molecule has 3 nitrogen and oxygen atoms in total. The molecule has 6 heteroatoms. The van der Waals surface area contributed by atoms with Crippen LogP contribution in [0.3, 0.4) is 0 Å². The van der Waals surface area contributed by atoms with Gasteiger partial charge in [0.25, 0.3) is 0 Å². The molecule has 2 aliphatic heterocycles. The minimum absolute atomic E-state index is 0.108. The number of thioether (sulfide) groups is 3. The number of H-pyrrole nitrogens is 1. The lowest BCUT2D eigenvalue weighted by molar-refractivity contribution is -0.0107. The van der Waals surface area contributed by atoms with Crippen molar-refractivity contribution in [1.82, 2.24) is 4.98 Å². The van der Waals surface area contributed by atoms with E-state index in [0.717, 1.165) is 17.9 Å². The van der Waals surface area contributed by atoms with Crippen molar-refractivity contribution in [3.05, 3.63) is 34.9 Å². The molecule has 2 N–H and O–H groups in total. The van der Waals surface area contributed by atoms with E-state index in [2.05, 4.69) is 51.2 Å². The fourth-order valence-electron chi connectivity index (χ4n) is 2.65. The van der Waals surface area contributed by atoms with Gasteiger partial charge >= 0.3 is 0 Å². The first-order valence-electron chi connectivity index (χ1n) is 8.36. The van der Waals surface area contributed by atoms with Crippen LogP contribution in [0, 0.1) is 0 Å². The van der Waals surface area contributed by atoms with Crippen molar-refractivity contribution in [2.45, 2.75) is 54.7 Å². The van der Waals surface area contributed by atoms with Crippen molar-refractivity contribution in [3.8, 4) is 0 Å². The van der Waals surface area contributed by atoms with Crippen LogP contribution in [0.5, 0.6) is 0 Å². The van der Waals surface area contributed by atoms with Gasteiger partial charge in [-0.3, -0.25) is 0 Å². The molecule has 0 spiro atoms. The smallest absolute Gasteiger partial charge is 0.0985 e. The molecule has 1 aromatic heterocycles. The van der Waals surface area contributed by atoms with Crippen LogP contribution < -0.4 is 5.32 Å². The lowest BCUT2D eigenvalue weighted by Gasteiger charge is -2.36. The average molecular weight is 395 g/mol. The maximum atomic E-state index is 6.01. The fourth-order valence-corrected chi connectivity index (χ4v) is 5.75. The van der Waals surface area contributed by atoms with E-state index < -0.39 is 0 Å². The van der Waals surface area contributed by atoms with Gasteiger partial charge in [-0.05, 0) is 27.7 Å². The van der Waals surface area contributed by atoms with E-state index >= 15 is 0 Å². The summed E-state index contributed by atoms with van der Waals surface area (Å²) in [7, 11) is 0. The summed E-state index contributed by atoms with van der Waals surface area (Å²) in [6.45, 7) is 17.2. The second-order valence-electron chi connectivity index (χ2n) is 7.33. The lowest BCUT2D eigenvalue weighted by atomic mass is 10.00. The summed E-state index contributed by atoms with van der Waals surface area (Å²) >= 11 is 5.49. The van der Waals surface area contributed by atoms with E-state index in [-0.39, 0.29) is 5.60 Å². The SMILES string of the molecule is C=C(C)CSc1[nH]c(SCC(=C)C)c2c1NC1=C(COC(C)(C)C1)S2. The van der Waals surface area contributed by atoms with E-state index in [0.29, 0.717) is 6.61 Å². The van der Waals surface area contributed by atoms with Crippen LogP contribution in [0.1, 0.15) is 34.1 Å². The van der Waals surface area contributed by atoms with Crippen LogP contribution >= 0.6 is 35.3 Å². The predicted molar refractivity (Wildman–Crippen MR) is 113 cm³/mol. The Labute approximate surface area is 163 Å². The summed E-state index contributed by atoms with van der Waals surface area (Å²) in [5.74, 6) is 1.85. The van der Waals surface area contributed by atoms with Gasteiger partial charge in [-0.15, -0.1) is 23.5 Å². The molecule has 0 saturated heterocycles. The third-order valence-electron chi connectivity index (χ3n) is 3.85. The van der Waals surface area contributed by atoms with E-state index in [4.69, 9.17) is 4.74 Å². The van der Waals surface area contributed by atoms with Crippen molar-refractivity contribution >= 4 is 41.0 Å². The zero-order valence-corrected chi connectivity index (χ0v) is 17.8. The molecule has 0 fully saturated rings. The van der Waals surface area contributed by atoms with Crippen LogP contribution in [-0.4, -0.2) is 28.7 Å². The van der Waals surface area contributed by atoms with E-state index in [1.54, 1.807) is 0 Å². The largest absolute Gasteiger partial charge is 0.370 e. The topological polar surface area (TPSA) is 37.0 Å². The van der Waals surface area contributed by atoms with Gasteiger partial charge in [0.2, 0.25) is 0 Å². The highest BCUT2D eigenvalue weighted by atomic mass is 32.2. The second kappa shape index (κ2) is 7.51. The number of aromatic nitrogens is 1. The molecule has 0 aliphatic carbocycles. The third kappa shape index (κ3) is 4.54. The highest BCUT2D eigenvalue weighted by Crippen LogP contribution is 2.52. The molecule has 0 bridgehead atoms. The molecule has 0 atom stereocenters. The first-order chi connectivity index (χ1) is 11.7. The standard InChI is InChI=1S/C19H26N2OS3/c1-11(2)9-23-17-15-16(18(21-17)24-10-12(3)4)25-14-8-22-19(5,6)7-13(14)20-15/h20-21H,1,3,7-10H2,2,4-6H3. The Morgan fingerprint density at radius 3 is 2.44 bits per heavy atom. The summed E-state index contributed by atoms with van der Waals surface area (Å²) in [5.41, 5.74) is 4.78. The van der Waals surface area contributed by atoms with Gasteiger partial charge in [-0.25, -0.2) is 0 Å². The van der Waals surface area contributed by atoms with Crippen molar-refractivity contribution in [2.24, 2.45) is 0 Å². The number of hydrogen-bond donors (Lipinski definition) is 2. The molecule has 136 valence electrons. The Balaban J connectivity index is 1.89. The number of nitrogens with one attached hydrogen (secondary N) is 2. The zero-order chi connectivity index (χ0) is 18.2. The van der Waals surface area contributed by atoms with Crippen LogP contribution in [0.15, 0.2) is 49.9 Å². The van der Waals surface area contributed by atoms with Crippen LogP contribution in [0.4, 0.5) is 5.69 Å². The quantitative estimate of drug-likeness (QED) is 0.439. The third-order valence-corrected chi connectivity index (χ3v) is 7.66. The van der Waals surface area contributed by atoms with Crippen molar-refractivity contribution < 1.29 is 4.74 Å². The number of ether oxygens (including phenoxy) is 1. The van der Waals surface area contributed by atoms with Gasteiger partial charge in [0.15, 0.2) is 0 Å². The highest BCUT2D eigenvalue weighted by Gasteiger charge is 2.34. The summed E-state index contributed by atoms with van der Waals surface area (Å²) in [6.07, 6.45) is 0.915. The number of rotatable bonds is 6. The van der Waals surface area contributed by atoms with E-state index in [1.807, 2.05) is 35.3 Å².